The van der Waals surface area contributed by atoms with Crippen molar-refractivity contribution in [1.29, 1.82) is 0 Å². The van der Waals surface area contributed by atoms with Crippen molar-refractivity contribution in [2.75, 3.05) is 13.7 Å². The fourth-order valence-electron chi connectivity index (χ4n) is 3.20. The largest absolute Gasteiger partial charge is 0.493 e. The summed E-state index contributed by atoms with van der Waals surface area (Å²) in [5, 5.41) is 11.6. The van der Waals surface area contributed by atoms with E-state index in [4.69, 9.17) is 17.0 Å². The van der Waals surface area contributed by atoms with Crippen LogP contribution in [0.3, 0.4) is 0 Å². The smallest absolute Gasteiger partial charge is 0.251 e. The molecule has 0 aliphatic carbocycles. The molecule has 2 aromatic carbocycles. The molecule has 1 atom stereocenters. The molecule has 0 saturated carbocycles. The van der Waals surface area contributed by atoms with Gasteiger partial charge in [-0.05, 0) is 42.9 Å². The monoisotopic (exact) mass is 355 g/mol. The van der Waals surface area contributed by atoms with E-state index in [1.807, 2.05) is 50.2 Å². The number of rotatable bonds is 4. The molecule has 0 spiro atoms. The number of thiocarbonyl (C=S) groups is 1. The van der Waals surface area contributed by atoms with Crippen LogP contribution >= 0.6 is 12.2 Å². The van der Waals surface area contributed by atoms with Gasteiger partial charge in [0.15, 0.2) is 5.11 Å². The molecule has 2 aromatic rings. The molecule has 1 amide bonds. The summed E-state index contributed by atoms with van der Waals surface area (Å²) in [4.78, 5) is 12.5. The van der Waals surface area contributed by atoms with E-state index in [1.165, 1.54) is 0 Å². The zero-order valence-corrected chi connectivity index (χ0v) is 15.3. The van der Waals surface area contributed by atoms with E-state index in [9.17, 15) is 4.79 Å². The molecule has 6 heteroatoms. The summed E-state index contributed by atoms with van der Waals surface area (Å²) in [5.74, 6) is 0.595. The van der Waals surface area contributed by atoms with E-state index >= 15 is 0 Å². The van der Waals surface area contributed by atoms with Gasteiger partial charge in [0.25, 0.3) is 5.91 Å². The van der Waals surface area contributed by atoms with Gasteiger partial charge in [-0.25, -0.2) is 0 Å². The first-order valence-corrected chi connectivity index (χ1v) is 8.62. The first-order valence-electron chi connectivity index (χ1n) is 8.21. The zero-order valence-electron chi connectivity index (χ0n) is 14.5. The Morgan fingerprint density at radius 3 is 2.76 bits per heavy atom. The highest BCUT2D eigenvalue weighted by atomic mass is 32.1. The number of likely N-dealkylation sites (N-methyl/N-ethyl adjacent to an activating group) is 1. The van der Waals surface area contributed by atoms with E-state index in [0.29, 0.717) is 17.3 Å². The Bertz CT molecular complexity index is 876. The molecule has 25 heavy (non-hydrogen) atoms. The number of allylic oxidation sites excluding steroid dienone is 1. The average molecular weight is 355 g/mol. The third kappa shape index (κ3) is 3.17. The van der Waals surface area contributed by atoms with Gasteiger partial charge in [-0.3, -0.25) is 4.79 Å². The lowest BCUT2D eigenvalue weighted by Crippen LogP contribution is -2.46. The van der Waals surface area contributed by atoms with Gasteiger partial charge in [-0.1, -0.05) is 30.3 Å². The van der Waals surface area contributed by atoms with Crippen molar-refractivity contribution in [2.24, 2.45) is 0 Å². The molecule has 0 unspecified atom stereocenters. The summed E-state index contributed by atoms with van der Waals surface area (Å²) in [6.45, 7) is 4.34. The fourth-order valence-corrected chi connectivity index (χ4v) is 3.47. The van der Waals surface area contributed by atoms with Crippen LogP contribution in [0.1, 0.15) is 25.5 Å². The molecule has 1 aliphatic heterocycles. The standard InChI is InChI=1S/C19H21N3O2S/c1-4-24-14-10-9-12-7-5-6-8-13(12)16(14)17-15(18(23)20-3)11(2)21-19(25)22-17/h5-10,17H,4H2,1-3H3,(H,20,23)(H2,21,22,25)/t17-/m1/s1. The highest BCUT2D eigenvalue weighted by molar-refractivity contribution is 7.80. The van der Waals surface area contributed by atoms with Crippen LogP contribution in [0.15, 0.2) is 47.7 Å². The SMILES string of the molecule is CCOc1ccc2ccccc2c1[C@@H]1NC(=S)NC(C)=C1C(=O)NC. The molecule has 0 radical (unpaired) electrons. The van der Waals surface area contributed by atoms with Crippen molar-refractivity contribution in [1.82, 2.24) is 16.0 Å². The highest BCUT2D eigenvalue weighted by Gasteiger charge is 2.32. The number of fused-ring (bicyclic) bond motifs is 1. The second-order valence-electron chi connectivity index (χ2n) is 5.78. The first-order chi connectivity index (χ1) is 12.1. The molecule has 0 aromatic heterocycles. The van der Waals surface area contributed by atoms with E-state index < -0.39 is 0 Å². The Morgan fingerprint density at radius 1 is 1.28 bits per heavy atom. The quantitative estimate of drug-likeness (QED) is 0.736. The van der Waals surface area contributed by atoms with Crippen LogP contribution in [0.25, 0.3) is 10.8 Å². The van der Waals surface area contributed by atoms with Crippen LogP contribution in [0.5, 0.6) is 5.75 Å². The van der Waals surface area contributed by atoms with Crippen molar-refractivity contribution >= 4 is 34.0 Å². The lowest BCUT2D eigenvalue weighted by Gasteiger charge is -2.31. The van der Waals surface area contributed by atoms with Gasteiger partial charge in [0, 0.05) is 18.3 Å². The molecule has 0 saturated heterocycles. The van der Waals surface area contributed by atoms with Gasteiger partial charge in [-0.2, -0.15) is 0 Å². The summed E-state index contributed by atoms with van der Waals surface area (Å²) in [6, 6.07) is 11.6. The normalized spacial score (nSPS) is 17.1. The van der Waals surface area contributed by atoms with Gasteiger partial charge >= 0.3 is 0 Å². The number of hydrogen-bond donors (Lipinski definition) is 3. The van der Waals surface area contributed by atoms with Crippen molar-refractivity contribution in [2.45, 2.75) is 19.9 Å². The predicted molar refractivity (Wildman–Crippen MR) is 103 cm³/mol. The number of hydrogen-bond acceptors (Lipinski definition) is 3. The maximum Gasteiger partial charge on any atom is 0.251 e. The minimum absolute atomic E-state index is 0.152. The molecule has 3 rings (SSSR count). The van der Waals surface area contributed by atoms with Gasteiger partial charge in [0.2, 0.25) is 0 Å². The lowest BCUT2D eigenvalue weighted by atomic mass is 9.90. The van der Waals surface area contributed by atoms with Crippen LogP contribution in [0.2, 0.25) is 0 Å². The Hall–Kier alpha value is -2.60. The predicted octanol–water partition coefficient (Wildman–Crippen LogP) is 2.78. The van der Waals surface area contributed by atoms with Gasteiger partial charge < -0.3 is 20.7 Å². The number of benzene rings is 2. The number of ether oxygens (including phenoxy) is 1. The van der Waals surface area contributed by atoms with E-state index in [-0.39, 0.29) is 11.9 Å². The third-order valence-corrected chi connectivity index (χ3v) is 4.48. The Morgan fingerprint density at radius 2 is 2.04 bits per heavy atom. The Labute approximate surface area is 152 Å². The minimum Gasteiger partial charge on any atom is -0.493 e. The molecule has 1 heterocycles. The Balaban J connectivity index is 2.28. The fraction of sp³-hybridized carbons (Fsp3) is 0.263. The van der Waals surface area contributed by atoms with Crippen molar-refractivity contribution in [3.05, 3.63) is 53.2 Å². The Kier molecular flexibility index (Phi) is 4.90. The second kappa shape index (κ2) is 7.11. The number of amides is 1. The minimum atomic E-state index is -0.388. The topological polar surface area (TPSA) is 62.4 Å². The summed E-state index contributed by atoms with van der Waals surface area (Å²) in [7, 11) is 1.62. The van der Waals surface area contributed by atoms with Gasteiger partial charge in [0.05, 0.1) is 18.2 Å². The van der Waals surface area contributed by atoms with Crippen LogP contribution in [0, 0.1) is 0 Å². The molecule has 0 bridgehead atoms. The summed E-state index contributed by atoms with van der Waals surface area (Å²) in [5.41, 5.74) is 2.26. The second-order valence-corrected chi connectivity index (χ2v) is 6.19. The zero-order chi connectivity index (χ0) is 18.0. The van der Waals surface area contributed by atoms with E-state index in [1.54, 1.807) is 7.05 Å². The van der Waals surface area contributed by atoms with E-state index in [0.717, 1.165) is 27.8 Å². The first kappa shape index (κ1) is 17.2. The van der Waals surface area contributed by atoms with Crippen LogP contribution < -0.4 is 20.7 Å². The summed E-state index contributed by atoms with van der Waals surface area (Å²) >= 11 is 5.34. The van der Waals surface area contributed by atoms with Crippen molar-refractivity contribution in [3.8, 4) is 5.75 Å². The number of nitrogens with one attached hydrogen (secondary N) is 3. The van der Waals surface area contributed by atoms with Crippen LogP contribution in [-0.4, -0.2) is 24.7 Å². The highest BCUT2D eigenvalue weighted by Crippen LogP contribution is 2.38. The molecule has 130 valence electrons. The van der Waals surface area contributed by atoms with Crippen molar-refractivity contribution in [3.63, 3.8) is 0 Å². The molecular weight excluding hydrogens is 334 g/mol. The molecular formula is C19H21N3O2S. The molecule has 5 nitrogen and oxygen atoms in total. The summed E-state index contributed by atoms with van der Waals surface area (Å²) < 4.78 is 5.87. The van der Waals surface area contributed by atoms with Crippen LogP contribution in [-0.2, 0) is 4.79 Å². The number of carbonyl (C=O) groups is 1. The maximum absolute atomic E-state index is 12.5. The van der Waals surface area contributed by atoms with Gasteiger partial charge in [0.1, 0.15) is 5.75 Å². The van der Waals surface area contributed by atoms with Crippen LogP contribution in [0.4, 0.5) is 0 Å². The van der Waals surface area contributed by atoms with Gasteiger partial charge in [-0.15, -0.1) is 0 Å². The summed E-state index contributed by atoms with van der Waals surface area (Å²) in [6.07, 6.45) is 0. The molecule has 0 fully saturated rings. The number of carbonyl (C=O) groups excluding carboxylic acids is 1. The molecule has 1 aliphatic rings. The maximum atomic E-state index is 12.5. The lowest BCUT2D eigenvalue weighted by molar-refractivity contribution is -0.117. The molecule has 3 N–H and O–H groups in total. The van der Waals surface area contributed by atoms with Crippen molar-refractivity contribution < 1.29 is 9.53 Å². The third-order valence-electron chi connectivity index (χ3n) is 4.26. The average Bonchev–Trinajstić information content (AvgIpc) is 2.60. The van der Waals surface area contributed by atoms with E-state index in [2.05, 4.69) is 16.0 Å².